The first-order valence-electron chi connectivity index (χ1n) is 20.6. The molecule has 282 valence electrons. The van der Waals surface area contributed by atoms with Crippen molar-refractivity contribution in [3.8, 4) is 44.9 Å². The highest BCUT2D eigenvalue weighted by molar-refractivity contribution is 6.88. The number of hydrogen-bond donors (Lipinski definition) is 0. The lowest BCUT2D eigenvalue weighted by molar-refractivity contribution is 0.441. The van der Waals surface area contributed by atoms with Crippen molar-refractivity contribution in [2.24, 2.45) is 0 Å². The smallest absolute Gasteiger partial charge is 0.140 e. The maximum Gasteiger partial charge on any atom is 0.140 e. The van der Waals surface area contributed by atoms with Gasteiger partial charge < -0.3 is 9.64 Å². The fourth-order valence-corrected chi connectivity index (χ4v) is 10.8. The van der Waals surface area contributed by atoms with E-state index < -0.39 is 13.5 Å². The molecule has 3 heteroatoms. The van der Waals surface area contributed by atoms with E-state index in [4.69, 9.17) is 4.74 Å². The van der Waals surface area contributed by atoms with Gasteiger partial charge in [0.2, 0.25) is 0 Å². The van der Waals surface area contributed by atoms with E-state index in [1.165, 1.54) is 60.6 Å². The summed E-state index contributed by atoms with van der Waals surface area (Å²) in [5.41, 5.74) is 14.9. The number of hydrogen-bond acceptors (Lipinski definition) is 2. The largest absolute Gasteiger partial charge is 0.456 e. The zero-order valence-electron chi connectivity index (χ0n) is 33.5. The molecule has 0 N–H and O–H groups in total. The first-order valence-corrected chi connectivity index (χ1v) is 24.1. The summed E-state index contributed by atoms with van der Waals surface area (Å²) in [5.74, 6) is 1.82. The van der Waals surface area contributed by atoms with Crippen LogP contribution in [0.4, 0.5) is 17.1 Å². The highest BCUT2D eigenvalue weighted by Crippen LogP contribution is 2.64. The van der Waals surface area contributed by atoms with Crippen molar-refractivity contribution in [3.05, 3.63) is 229 Å². The molecule has 9 aromatic carbocycles. The van der Waals surface area contributed by atoms with Crippen molar-refractivity contribution in [1.82, 2.24) is 0 Å². The predicted molar refractivity (Wildman–Crippen MR) is 250 cm³/mol. The van der Waals surface area contributed by atoms with E-state index >= 15 is 0 Å². The van der Waals surface area contributed by atoms with Crippen LogP contribution >= 0.6 is 0 Å². The van der Waals surface area contributed by atoms with Crippen molar-refractivity contribution in [2.75, 3.05) is 4.90 Å². The summed E-state index contributed by atoms with van der Waals surface area (Å²) in [6.45, 7) is 7.21. The van der Waals surface area contributed by atoms with Crippen LogP contribution < -0.4 is 14.8 Å². The third-order valence-electron chi connectivity index (χ3n) is 12.5. The Balaban J connectivity index is 1.14. The minimum Gasteiger partial charge on any atom is -0.456 e. The number of ether oxygens (including phenoxy) is 1. The summed E-state index contributed by atoms with van der Waals surface area (Å²) >= 11 is 0. The van der Waals surface area contributed by atoms with E-state index in [1.54, 1.807) is 0 Å². The summed E-state index contributed by atoms with van der Waals surface area (Å²) in [5, 5.41) is 3.76. The second-order valence-corrected chi connectivity index (χ2v) is 22.0. The quantitative estimate of drug-likeness (QED) is 0.156. The minimum atomic E-state index is -1.40. The Morgan fingerprint density at radius 2 is 0.983 bits per heavy atom. The molecule has 9 aromatic rings. The van der Waals surface area contributed by atoms with Gasteiger partial charge in [-0.1, -0.05) is 195 Å². The Morgan fingerprint density at radius 1 is 0.424 bits per heavy atom. The number of benzene rings is 9. The van der Waals surface area contributed by atoms with E-state index in [2.05, 4.69) is 231 Å². The average molecular weight is 774 g/mol. The van der Waals surface area contributed by atoms with E-state index in [-0.39, 0.29) is 0 Å². The molecule has 0 bridgehead atoms. The molecular formula is C56H43NOSi. The lowest BCUT2D eigenvalue weighted by atomic mass is 9.65. The van der Waals surface area contributed by atoms with Gasteiger partial charge in [-0.05, 0) is 80.7 Å². The molecule has 11 rings (SSSR count). The normalized spacial score (nSPS) is 14.9. The summed E-state index contributed by atoms with van der Waals surface area (Å²) in [7, 11) is -1.40. The SMILES string of the molecule is C[Si](C)(C)c1ccc(-c2ccc(N(c3ccc(-c4ccccc4)cc3)c3cccc4c3-c3ccccc3C43c4ccccc4Oc4c3ccc3ccccc43)cc2)cc1. The van der Waals surface area contributed by atoms with Crippen molar-refractivity contribution in [3.63, 3.8) is 0 Å². The third kappa shape index (κ3) is 5.53. The van der Waals surface area contributed by atoms with Crippen molar-refractivity contribution >= 4 is 41.1 Å². The van der Waals surface area contributed by atoms with Crippen molar-refractivity contribution in [2.45, 2.75) is 25.1 Å². The number of nitrogens with zero attached hydrogens (tertiary/aromatic N) is 1. The number of para-hydroxylation sites is 1. The number of fused-ring (bicyclic) bond motifs is 11. The Kier molecular flexibility index (Phi) is 8.11. The summed E-state index contributed by atoms with van der Waals surface area (Å²) in [6, 6.07) is 75.7. The van der Waals surface area contributed by atoms with Gasteiger partial charge in [-0.15, -0.1) is 0 Å². The highest BCUT2D eigenvalue weighted by atomic mass is 28.3. The predicted octanol–water partition coefficient (Wildman–Crippen LogP) is 14.7. The van der Waals surface area contributed by atoms with Gasteiger partial charge in [0, 0.05) is 33.5 Å². The maximum absolute atomic E-state index is 6.93. The van der Waals surface area contributed by atoms with Gasteiger partial charge in [-0.2, -0.15) is 0 Å². The van der Waals surface area contributed by atoms with Crippen LogP contribution in [0.1, 0.15) is 22.3 Å². The first kappa shape index (κ1) is 35.2. The topological polar surface area (TPSA) is 12.5 Å². The molecule has 0 amide bonds. The van der Waals surface area contributed by atoms with Gasteiger partial charge in [0.25, 0.3) is 0 Å². The van der Waals surface area contributed by atoms with Gasteiger partial charge in [-0.3, -0.25) is 0 Å². The molecule has 0 aromatic heterocycles. The molecule has 0 fully saturated rings. The molecule has 1 spiro atoms. The Bertz CT molecular complexity index is 3040. The molecule has 0 radical (unpaired) electrons. The van der Waals surface area contributed by atoms with Gasteiger partial charge >= 0.3 is 0 Å². The fraction of sp³-hybridized carbons (Fsp3) is 0.0714. The summed E-state index contributed by atoms with van der Waals surface area (Å²) in [4.78, 5) is 2.45. The van der Waals surface area contributed by atoms with Crippen LogP contribution in [-0.4, -0.2) is 8.07 Å². The molecule has 0 saturated heterocycles. The Hall–Kier alpha value is -6.94. The van der Waals surface area contributed by atoms with Crippen molar-refractivity contribution < 1.29 is 4.74 Å². The third-order valence-corrected chi connectivity index (χ3v) is 14.6. The van der Waals surface area contributed by atoms with Crippen LogP contribution in [-0.2, 0) is 5.41 Å². The molecule has 59 heavy (non-hydrogen) atoms. The first-order chi connectivity index (χ1) is 28.9. The fourth-order valence-electron chi connectivity index (χ4n) is 9.67. The second-order valence-electron chi connectivity index (χ2n) is 16.9. The minimum absolute atomic E-state index is 0.592. The Morgan fingerprint density at radius 3 is 1.68 bits per heavy atom. The Labute approximate surface area is 347 Å². The molecule has 0 saturated carbocycles. The number of rotatable bonds is 6. The van der Waals surface area contributed by atoms with Crippen LogP contribution in [0.3, 0.4) is 0 Å². The molecule has 2 aliphatic rings. The second kappa shape index (κ2) is 13.6. The van der Waals surface area contributed by atoms with Gasteiger partial charge in [-0.25, -0.2) is 0 Å². The van der Waals surface area contributed by atoms with Crippen LogP contribution in [0.2, 0.25) is 19.6 Å². The molecule has 1 atom stereocenters. The number of anilines is 3. The van der Waals surface area contributed by atoms with Crippen LogP contribution in [0.25, 0.3) is 44.2 Å². The van der Waals surface area contributed by atoms with E-state index in [1.807, 2.05) is 0 Å². The highest BCUT2D eigenvalue weighted by Gasteiger charge is 2.52. The maximum atomic E-state index is 6.93. The van der Waals surface area contributed by atoms with E-state index in [0.717, 1.165) is 39.5 Å². The molecule has 1 unspecified atom stereocenters. The monoisotopic (exact) mass is 773 g/mol. The zero-order chi connectivity index (χ0) is 39.7. The lowest BCUT2D eigenvalue weighted by Crippen LogP contribution is -2.37. The van der Waals surface area contributed by atoms with E-state index in [0.29, 0.717) is 0 Å². The lowest BCUT2D eigenvalue weighted by Gasteiger charge is -2.40. The van der Waals surface area contributed by atoms with Crippen LogP contribution in [0.15, 0.2) is 206 Å². The van der Waals surface area contributed by atoms with Crippen LogP contribution in [0, 0.1) is 0 Å². The average Bonchev–Trinajstić information content (AvgIpc) is 3.58. The molecule has 1 aliphatic carbocycles. The van der Waals surface area contributed by atoms with E-state index in [9.17, 15) is 0 Å². The summed E-state index contributed by atoms with van der Waals surface area (Å²) < 4.78 is 6.93. The zero-order valence-corrected chi connectivity index (χ0v) is 34.5. The summed E-state index contributed by atoms with van der Waals surface area (Å²) in [6.07, 6.45) is 0. The molecular weight excluding hydrogens is 731 g/mol. The van der Waals surface area contributed by atoms with Crippen molar-refractivity contribution in [1.29, 1.82) is 0 Å². The molecule has 1 heterocycles. The molecule has 1 aliphatic heterocycles. The standard InChI is InChI=1S/C56H43NOSi/c1-59(2,3)45-35-28-41(29-36-45)40-26-33-44(34-27-40)57(43-31-24-39(25-32-43)38-14-5-4-6-15-38)52-22-13-21-50-54(52)47-18-9-10-19-48(47)56(50)49-20-11-12-23-53(49)58-55-46-17-8-7-16-42(46)30-37-51(55)56/h4-37H,1-3H3. The van der Waals surface area contributed by atoms with Crippen LogP contribution in [0.5, 0.6) is 11.5 Å². The molecule has 2 nitrogen and oxygen atoms in total. The van der Waals surface area contributed by atoms with Gasteiger partial charge in [0.05, 0.1) is 19.2 Å². The van der Waals surface area contributed by atoms with Gasteiger partial charge in [0.1, 0.15) is 11.5 Å². The van der Waals surface area contributed by atoms with Gasteiger partial charge in [0.15, 0.2) is 0 Å².